The summed E-state index contributed by atoms with van der Waals surface area (Å²) >= 11 is 0. The highest BCUT2D eigenvalue weighted by atomic mass is 16.3. The molecule has 3 N–H and O–H groups in total. The highest BCUT2D eigenvalue weighted by Crippen LogP contribution is 2.24. The van der Waals surface area contributed by atoms with Crippen molar-refractivity contribution >= 4 is 17.2 Å². The molecule has 7 heteroatoms. The molecule has 0 atom stereocenters. The fourth-order valence-corrected chi connectivity index (χ4v) is 3.02. The molecule has 0 aliphatic heterocycles. The lowest BCUT2D eigenvalue weighted by atomic mass is 10.2. The van der Waals surface area contributed by atoms with Crippen LogP contribution in [0.15, 0.2) is 30.3 Å². The third-order valence-corrected chi connectivity index (χ3v) is 4.64. The number of fused-ring (bicyclic) bond motifs is 1. The molecule has 0 fully saturated rings. The molecular formula is C20H28N6O. The van der Waals surface area contributed by atoms with Gasteiger partial charge in [-0.2, -0.15) is 4.52 Å². The smallest absolute Gasteiger partial charge is 0.201 e. The Kier molecular flexibility index (Phi) is 5.78. The zero-order chi connectivity index (χ0) is 19.4. The van der Waals surface area contributed by atoms with Crippen LogP contribution in [0.5, 0.6) is 5.75 Å². The number of nitrogens with one attached hydrogen (secondary N) is 2. The Morgan fingerprint density at radius 1 is 1.11 bits per heavy atom. The molecule has 3 rings (SSSR count). The minimum Gasteiger partial charge on any atom is -0.508 e. The predicted molar refractivity (Wildman–Crippen MR) is 108 cm³/mol. The van der Waals surface area contributed by atoms with Crippen molar-refractivity contribution in [3.05, 3.63) is 41.7 Å². The van der Waals surface area contributed by atoms with Crippen LogP contribution < -0.4 is 10.6 Å². The van der Waals surface area contributed by atoms with Gasteiger partial charge >= 0.3 is 0 Å². The Morgan fingerprint density at radius 3 is 2.56 bits per heavy atom. The molecule has 7 nitrogen and oxygen atoms in total. The molecule has 2 heterocycles. The first-order chi connectivity index (χ1) is 13.0. The molecule has 0 aliphatic carbocycles. The lowest BCUT2D eigenvalue weighted by molar-refractivity contribution is 0.474. The SMILES string of the molecule is CCC(CC)Nc1cc(NCc2cccc(O)c2)c2nnc(C(C)C)n2n1. The first kappa shape index (κ1) is 18.9. The van der Waals surface area contributed by atoms with Crippen LogP contribution in [0.1, 0.15) is 57.8 Å². The van der Waals surface area contributed by atoms with E-state index in [0.717, 1.165) is 35.7 Å². The molecule has 1 aromatic carbocycles. The Labute approximate surface area is 159 Å². The molecule has 0 saturated heterocycles. The first-order valence-electron chi connectivity index (χ1n) is 9.56. The molecule has 0 spiro atoms. The van der Waals surface area contributed by atoms with E-state index in [2.05, 4.69) is 48.5 Å². The number of hydrogen-bond acceptors (Lipinski definition) is 6. The van der Waals surface area contributed by atoms with E-state index >= 15 is 0 Å². The molecule has 0 amide bonds. The number of anilines is 2. The van der Waals surface area contributed by atoms with Gasteiger partial charge in [0.15, 0.2) is 5.82 Å². The second-order valence-corrected chi connectivity index (χ2v) is 7.07. The number of aromatic nitrogens is 4. The van der Waals surface area contributed by atoms with Crippen LogP contribution >= 0.6 is 0 Å². The number of benzene rings is 1. The van der Waals surface area contributed by atoms with Gasteiger partial charge in [0.25, 0.3) is 0 Å². The molecule has 0 saturated carbocycles. The first-order valence-corrected chi connectivity index (χ1v) is 9.56. The summed E-state index contributed by atoms with van der Waals surface area (Å²) in [7, 11) is 0. The van der Waals surface area contributed by atoms with E-state index in [0.29, 0.717) is 18.2 Å². The van der Waals surface area contributed by atoms with Crippen molar-refractivity contribution in [3.8, 4) is 5.75 Å². The van der Waals surface area contributed by atoms with E-state index in [9.17, 15) is 5.11 Å². The molecule has 3 aromatic rings. The average Bonchev–Trinajstić information content (AvgIpc) is 3.08. The van der Waals surface area contributed by atoms with Crippen LogP contribution in [0.4, 0.5) is 11.5 Å². The van der Waals surface area contributed by atoms with E-state index in [4.69, 9.17) is 5.10 Å². The van der Waals surface area contributed by atoms with Crippen LogP contribution in [-0.4, -0.2) is 31.0 Å². The summed E-state index contributed by atoms with van der Waals surface area (Å²) in [4.78, 5) is 0. The van der Waals surface area contributed by atoms with Gasteiger partial charge in [0.2, 0.25) is 5.65 Å². The van der Waals surface area contributed by atoms with Crippen molar-refractivity contribution in [2.45, 2.75) is 59.0 Å². The van der Waals surface area contributed by atoms with Gasteiger partial charge in [0.1, 0.15) is 11.6 Å². The predicted octanol–water partition coefficient (Wildman–Crippen LogP) is 4.17. The minimum absolute atomic E-state index is 0.217. The van der Waals surface area contributed by atoms with E-state index in [1.165, 1.54) is 0 Å². The maximum absolute atomic E-state index is 9.67. The van der Waals surface area contributed by atoms with Crippen molar-refractivity contribution in [1.82, 2.24) is 19.8 Å². The number of hydrogen-bond donors (Lipinski definition) is 3. The summed E-state index contributed by atoms with van der Waals surface area (Å²) in [5.74, 6) is 2.11. The Hall–Kier alpha value is -2.83. The fraction of sp³-hybridized carbons (Fsp3) is 0.450. The summed E-state index contributed by atoms with van der Waals surface area (Å²) in [6.07, 6.45) is 2.06. The van der Waals surface area contributed by atoms with Gasteiger partial charge in [-0.3, -0.25) is 0 Å². The number of phenolic OH excluding ortho intramolecular Hbond substituents is 1. The largest absolute Gasteiger partial charge is 0.508 e. The molecule has 0 bridgehead atoms. The summed E-state index contributed by atoms with van der Waals surface area (Å²) in [5, 5.41) is 30.0. The van der Waals surface area contributed by atoms with Gasteiger partial charge < -0.3 is 15.7 Å². The maximum atomic E-state index is 9.67. The van der Waals surface area contributed by atoms with Crippen molar-refractivity contribution in [2.75, 3.05) is 10.6 Å². The summed E-state index contributed by atoms with van der Waals surface area (Å²) < 4.78 is 1.82. The zero-order valence-electron chi connectivity index (χ0n) is 16.4. The standard InChI is InChI=1S/C20H28N6O/c1-5-15(6-2)22-18-11-17(21-12-14-8-7-9-16(27)10-14)20-24-23-19(13(3)4)26(20)25-18/h7-11,13,15,21,27H,5-6,12H2,1-4H3,(H,22,25). The summed E-state index contributed by atoms with van der Waals surface area (Å²) in [5.41, 5.74) is 2.55. The van der Waals surface area contributed by atoms with Crippen molar-refractivity contribution < 1.29 is 5.11 Å². The third-order valence-electron chi connectivity index (χ3n) is 4.64. The quantitative estimate of drug-likeness (QED) is 0.553. The Balaban J connectivity index is 1.96. The molecule has 0 aliphatic rings. The number of aromatic hydroxyl groups is 1. The van der Waals surface area contributed by atoms with Crippen LogP contribution in [-0.2, 0) is 6.54 Å². The van der Waals surface area contributed by atoms with Crippen LogP contribution in [0, 0.1) is 0 Å². The number of phenols is 1. The molecule has 144 valence electrons. The highest BCUT2D eigenvalue weighted by Gasteiger charge is 2.16. The molecule has 0 unspecified atom stereocenters. The van der Waals surface area contributed by atoms with Gasteiger partial charge in [-0.25, -0.2) is 0 Å². The Morgan fingerprint density at radius 2 is 1.89 bits per heavy atom. The van der Waals surface area contributed by atoms with E-state index in [1.807, 2.05) is 22.7 Å². The lowest BCUT2D eigenvalue weighted by Crippen LogP contribution is -2.19. The molecule has 2 aromatic heterocycles. The number of rotatable bonds is 8. The van der Waals surface area contributed by atoms with Crippen LogP contribution in [0.3, 0.4) is 0 Å². The van der Waals surface area contributed by atoms with Crippen LogP contribution in [0.25, 0.3) is 5.65 Å². The topological polar surface area (TPSA) is 87.4 Å². The maximum Gasteiger partial charge on any atom is 0.201 e. The monoisotopic (exact) mass is 368 g/mol. The van der Waals surface area contributed by atoms with Crippen molar-refractivity contribution in [1.29, 1.82) is 0 Å². The highest BCUT2D eigenvalue weighted by molar-refractivity contribution is 5.70. The van der Waals surface area contributed by atoms with Gasteiger partial charge in [0, 0.05) is 24.6 Å². The minimum atomic E-state index is 0.217. The van der Waals surface area contributed by atoms with Gasteiger partial charge in [-0.05, 0) is 30.5 Å². The van der Waals surface area contributed by atoms with Crippen molar-refractivity contribution in [3.63, 3.8) is 0 Å². The molecular weight excluding hydrogens is 340 g/mol. The second kappa shape index (κ2) is 8.24. The normalized spacial score (nSPS) is 11.5. The van der Waals surface area contributed by atoms with E-state index in [1.54, 1.807) is 12.1 Å². The van der Waals surface area contributed by atoms with Crippen LogP contribution in [0.2, 0.25) is 0 Å². The zero-order valence-corrected chi connectivity index (χ0v) is 16.4. The van der Waals surface area contributed by atoms with E-state index < -0.39 is 0 Å². The van der Waals surface area contributed by atoms with E-state index in [-0.39, 0.29) is 11.7 Å². The van der Waals surface area contributed by atoms with Gasteiger partial charge in [0.05, 0.1) is 5.69 Å². The fourth-order valence-electron chi connectivity index (χ4n) is 3.02. The third kappa shape index (κ3) is 4.30. The molecule has 0 radical (unpaired) electrons. The summed E-state index contributed by atoms with van der Waals surface area (Å²) in [6, 6.07) is 9.57. The summed E-state index contributed by atoms with van der Waals surface area (Å²) in [6.45, 7) is 9.07. The van der Waals surface area contributed by atoms with Gasteiger partial charge in [-0.1, -0.05) is 39.8 Å². The van der Waals surface area contributed by atoms with Gasteiger partial charge in [-0.15, -0.1) is 15.3 Å². The second-order valence-electron chi connectivity index (χ2n) is 7.07. The molecule has 27 heavy (non-hydrogen) atoms. The average molecular weight is 368 g/mol. The number of nitrogens with zero attached hydrogens (tertiary/aromatic N) is 4. The Bertz CT molecular complexity index is 901. The lowest BCUT2D eigenvalue weighted by Gasteiger charge is -2.17. The van der Waals surface area contributed by atoms with Crippen molar-refractivity contribution in [2.24, 2.45) is 0 Å².